The van der Waals surface area contributed by atoms with Crippen LogP contribution < -0.4 is 0 Å². The number of carbonyl (C=O) groups is 2. The van der Waals surface area contributed by atoms with Gasteiger partial charge in [-0.05, 0) is 44.8 Å². The van der Waals surface area contributed by atoms with Crippen LogP contribution in [0.3, 0.4) is 0 Å². The standard InChI is InChI=1S/C32H22O4/c33-27(25-15-9-19-5-1-3-7-23(19)17-25)31-29(35-31)21-11-13-22(14-12-21)30-32(36-30)28(34)26-16-10-20-6-2-4-8-24(20)18-26/h1-18,29-32H/t29-,30+,31-,32-/m0/s1. The van der Waals surface area contributed by atoms with Crippen LogP contribution >= 0.6 is 0 Å². The van der Waals surface area contributed by atoms with Crippen molar-refractivity contribution in [3.63, 3.8) is 0 Å². The molecule has 0 radical (unpaired) electrons. The van der Waals surface area contributed by atoms with Gasteiger partial charge in [0, 0.05) is 11.1 Å². The van der Waals surface area contributed by atoms with Crippen LogP contribution in [0.15, 0.2) is 109 Å². The molecule has 2 fully saturated rings. The van der Waals surface area contributed by atoms with Crippen molar-refractivity contribution < 1.29 is 19.1 Å². The second kappa shape index (κ2) is 8.23. The van der Waals surface area contributed by atoms with E-state index >= 15 is 0 Å². The molecule has 7 rings (SSSR count). The van der Waals surface area contributed by atoms with Crippen LogP contribution in [0.1, 0.15) is 44.1 Å². The number of ketones is 2. The second-order valence-electron chi connectivity index (χ2n) is 9.47. The van der Waals surface area contributed by atoms with Crippen LogP contribution in [0.4, 0.5) is 0 Å². The van der Waals surface area contributed by atoms with E-state index in [1.807, 2.05) is 109 Å². The third-order valence-corrected chi connectivity index (χ3v) is 7.16. The monoisotopic (exact) mass is 470 g/mol. The van der Waals surface area contributed by atoms with Crippen LogP contribution in [-0.4, -0.2) is 23.8 Å². The van der Waals surface area contributed by atoms with Gasteiger partial charge in [-0.1, -0.05) is 97.1 Å². The molecule has 2 heterocycles. The molecule has 5 aromatic rings. The highest BCUT2D eigenvalue weighted by Gasteiger charge is 2.48. The van der Waals surface area contributed by atoms with Gasteiger partial charge < -0.3 is 9.47 Å². The summed E-state index contributed by atoms with van der Waals surface area (Å²) in [5, 5.41) is 4.31. The Hall–Kier alpha value is -4.12. The highest BCUT2D eigenvalue weighted by atomic mass is 16.6. The van der Waals surface area contributed by atoms with Gasteiger partial charge >= 0.3 is 0 Å². The Balaban J connectivity index is 1.02. The number of rotatable bonds is 6. The summed E-state index contributed by atoms with van der Waals surface area (Å²) in [4.78, 5) is 25.9. The molecule has 4 heteroatoms. The van der Waals surface area contributed by atoms with E-state index in [0.29, 0.717) is 11.1 Å². The van der Waals surface area contributed by atoms with Crippen molar-refractivity contribution in [3.8, 4) is 0 Å². The maximum absolute atomic E-state index is 13.0. The molecule has 36 heavy (non-hydrogen) atoms. The fourth-order valence-corrected chi connectivity index (χ4v) is 5.02. The summed E-state index contributed by atoms with van der Waals surface area (Å²) < 4.78 is 11.5. The van der Waals surface area contributed by atoms with Gasteiger partial charge in [0.2, 0.25) is 0 Å². The first-order valence-electron chi connectivity index (χ1n) is 12.1. The lowest BCUT2D eigenvalue weighted by atomic mass is 9.98. The lowest BCUT2D eigenvalue weighted by Gasteiger charge is -2.03. The summed E-state index contributed by atoms with van der Waals surface area (Å²) in [6.07, 6.45) is -1.41. The molecule has 0 bridgehead atoms. The molecule has 5 aromatic carbocycles. The smallest absolute Gasteiger partial charge is 0.194 e. The summed E-state index contributed by atoms with van der Waals surface area (Å²) in [6, 6.07) is 35.4. The number of hydrogen-bond acceptors (Lipinski definition) is 4. The molecular weight excluding hydrogens is 448 g/mol. The molecule has 0 saturated carbocycles. The molecule has 0 unspecified atom stereocenters. The molecule has 2 aliphatic rings. The van der Waals surface area contributed by atoms with E-state index in [4.69, 9.17) is 9.47 Å². The maximum atomic E-state index is 13.0. The molecule has 0 spiro atoms. The molecule has 0 aromatic heterocycles. The Labute approximate surface area is 208 Å². The number of epoxide rings is 2. The number of benzene rings is 5. The van der Waals surface area contributed by atoms with Gasteiger partial charge in [0.15, 0.2) is 23.8 Å². The van der Waals surface area contributed by atoms with Crippen molar-refractivity contribution in [3.05, 3.63) is 131 Å². The third-order valence-electron chi connectivity index (χ3n) is 7.16. The minimum absolute atomic E-state index is 0.00130. The predicted molar refractivity (Wildman–Crippen MR) is 138 cm³/mol. The van der Waals surface area contributed by atoms with Crippen molar-refractivity contribution in [1.82, 2.24) is 0 Å². The van der Waals surface area contributed by atoms with Gasteiger partial charge in [0.05, 0.1) is 0 Å². The fourth-order valence-electron chi connectivity index (χ4n) is 5.02. The highest BCUT2D eigenvalue weighted by Crippen LogP contribution is 2.44. The number of ether oxygens (including phenoxy) is 2. The van der Waals surface area contributed by atoms with Crippen LogP contribution in [0.25, 0.3) is 21.5 Å². The van der Waals surface area contributed by atoms with Gasteiger partial charge in [0.25, 0.3) is 0 Å². The van der Waals surface area contributed by atoms with Gasteiger partial charge in [-0.15, -0.1) is 0 Å². The molecule has 0 amide bonds. The van der Waals surface area contributed by atoms with Crippen molar-refractivity contribution >= 4 is 33.1 Å². The van der Waals surface area contributed by atoms with Crippen LogP contribution in [-0.2, 0) is 9.47 Å². The maximum Gasteiger partial charge on any atom is 0.194 e. The molecule has 174 valence electrons. The molecule has 0 aliphatic carbocycles. The first-order valence-corrected chi connectivity index (χ1v) is 12.1. The molecule has 2 aliphatic heterocycles. The summed E-state index contributed by atoms with van der Waals surface area (Å²) in [5.74, 6) is 0.00260. The Morgan fingerprint density at radius 1 is 0.472 bits per heavy atom. The molecule has 4 atom stereocenters. The van der Waals surface area contributed by atoms with Crippen molar-refractivity contribution in [2.24, 2.45) is 0 Å². The number of carbonyl (C=O) groups excluding carboxylic acids is 2. The predicted octanol–water partition coefficient (Wildman–Crippen LogP) is 6.64. The van der Waals surface area contributed by atoms with Crippen molar-refractivity contribution in [2.75, 3.05) is 0 Å². The third kappa shape index (κ3) is 3.72. The normalized spacial score (nSPS) is 22.4. The molecule has 4 nitrogen and oxygen atoms in total. The molecule has 0 N–H and O–H groups in total. The highest BCUT2D eigenvalue weighted by molar-refractivity contribution is 6.05. The van der Waals surface area contributed by atoms with Crippen LogP contribution in [0, 0.1) is 0 Å². The lowest BCUT2D eigenvalue weighted by Crippen LogP contribution is -2.08. The molecule has 2 saturated heterocycles. The average molecular weight is 471 g/mol. The minimum Gasteiger partial charge on any atom is -0.356 e. The van der Waals surface area contributed by atoms with Crippen molar-refractivity contribution in [2.45, 2.75) is 24.4 Å². The quantitative estimate of drug-likeness (QED) is 0.206. The zero-order valence-corrected chi connectivity index (χ0v) is 19.3. The van der Waals surface area contributed by atoms with Crippen molar-refractivity contribution in [1.29, 1.82) is 0 Å². The van der Waals surface area contributed by atoms with E-state index in [1.165, 1.54) is 0 Å². The van der Waals surface area contributed by atoms with E-state index in [2.05, 4.69) is 0 Å². The van der Waals surface area contributed by atoms with E-state index in [0.717, 1.165) is 32.7 Å². The summed E-state index contributed by atoms with van der Waals surface area (Å²) >= 11 is 0. The summed E-state index contributed by atoms with van der Waals surface area (Å²) in [5.41, 5.74) is 3.24. The first-order chi connectivity index (χ1) is 17.7. The summed E-state index contributed by atoms with van der Waals surface area (Å²) in [7, 11) is 0. The Kier molecular flexibility index (Phi) is 4.84. The Bertz CT molecular complexity index is 1530. The van der Waals surface area contributed by atoms with E-state index in [9.17, 15) is 9.59 Å². The largest absolute Gasteiger partial charge is 0.356 e. The van der Waals surface area contributed by atoms with Gasteiger partial charge in [0.1, 0.15) is 12.2 Å². The Morgan fingerprint density at radius 2 is 0.861 bits per heavy atom. The van der Waals surface area contributed by atoms with Gasteiger partial charge in [-0.2, -0.15) is 0 Å². The summed E-state index contributed by atoms with van der Waals surface area (Å²) in [6.45, 7) is 0. The fraction of sp³-hybridized carbons (Fsp3) is 0.125. The van der Waals surface area contributed by atoms with Crippen LogP contribution in [0.5, 0.6) is 0 Å². The SMILES string of the molecule is O=C(c1ccc2ccccc2c1)[C@@H]1O[C@@H]1c1ccc([C@@H]2O[C@H]2C(=O)c2ccc3ccccc3c2)cc1. The minimum atomic E-state index is -0.462. The topological polar surface area (TPSA) is 59.2 Å². The number of fused-ring (bicyclic) bond motifs is 2. The van der Waals surface area contributed by atoms with Gasteiger partial charge in [-0.25, -0.2) is 0 Å². The zero-order valence-electron chi connectivity index (χ0n) is 19.3. The zero-order chi connectivity index (χ0) is 24.2. The molecular formula is C32H22O4. The number of Topliss-reactive ketones (excluding diaryl/α,β-unsaturated/α-hetero) is 2. The lowest BCUT2D eigenvalue weighted by molar-refractivity contribution is 0.0947. The number of hydrogen-bond donors (Lipinski definition) is 0. The second-order valence-corrected chi connectivity index (χ2v) is 9.47. The van der Waals surface area contributed by atoms with E-state index < -0.39 is 12.2 Å². The van der Waals surface area contributed by atoms with Crippen LogP contribution in [0.2, 0.25) is 0 Å². The van der Waals surface area contributed by atoms with E-state index in [1.54, 1.807) is 0 Å². The average Bonchev–Trinajstić information content (AvgIpc) is 3.86. The Morgan fingerprint density at radius 3 is 1.28 bits per heavy atom. The first kappa shape index (κ1) is 21.2. The van der Waals surface area contributed by atoms with Gasteiger partial charge in [-0.3, -0.25) is 9.59 Å². The van der Waals surface area contributed by atoms with E-state index in [-0.39, 0.29) is 23.8 Å².